The molecule has 0 aliphatic heterocycles. The highest BCUT2D eigenvalue weighted by Crippen LogP contribution is 2.24. The van der Waals surface area contributed by atoms with Crippen LogP contribution in [0.3, 0.4) is 0 Å². The smallest absolute Gasteiger partial charge is 0.223 e. The molecule has 1 heterocycles. The van der Waals surface area contributed by atoms with Crippen molar-refractivity contribution in [2.45, 2.75) is 33.6 Å². The third kappa shape index (κ3) is 4.03. The van der Waals surface area contributed by atoms with Crippen LogP contribution in [-0.4, -0.2) is 9.97 Å². The topological polar surface area (TPSA) is 35.0 Å². The summed E-state index contributed by atoms with van der Waals surface area (Å²) < 4.78 is 6.58. The predicted molar refractivity (Wildman–Crippen MR) is 79.7 cm³/mol. The summed E-state index contributed by atoms with van der Waals surface area (Å²) >= 11 is 3.39. The number of benzene rings is 1. The van der Waals surface area contributed by atoms with Crippen molar-refractivity contribution in [2.75, 3.05) is 0 Å². The molecule has 0 amide bonds. The molecule has 0 saturated carbocycles. The molecule has 19 heavy (non-hydrogen) atoms. The fraction of sp³-hybridized carbons (Fsp3) is 0.333. The van der Waals surface area contributed by atoms with Crippen molar-refractivity contribution in [3.05, 3.63) is 45.8 Å². The molecule has 4 heteroatoms. The maximum atomic E-state index is 5.83. The van der Waals surface area contributed by atoms with Gasteiger partial charge in [-0.1, -0.05) is 13.0 Å². The minimum Gasteiger partial charge on any atom is -0.439 e. The van der Waals surface area contributed by atoms with E-state index in [1.807, 2.05) is 12.1 Å². The molecule has 1 aromatic heterocycles. The fourth-order valence-corrected chi connectivity index (χ4v) is 2.34. The van der Waals surface area contributed by atoms with E-state index in [9.17, 15) is 0 Å². The Labute approximate surface area is 122 Å². The Morgan fingerprint density at radius 1 is 1.05 bits per heavy atom. The van der Waals surface area contributed by atoms with Crippen LogP contribution in [0.4, 0.5) is 0 Å². The molecule has 2 rings (SSSR count). The lowest BCUT2D eigenvalue weighted by Gasteiger charge is -2.08. The van der Waals surface area contributed by atoms with Gasteiger partial charge in [-0.2, -0.15) is 4.98 Å². The van der Waals surface area contributed by atoms with Crippen LogP contribution < -0.4 is 4.74 Å². The predicted octanol–water partition coefficient (Wildman–Crippen LogP) is 4.60. The van der Waals surface area contributed by atoms with Crippen molar-refractivity contribution in [1.29, 1.82) is 0 Å². The third-order valence-electron chi connectivity index (χ3n) is 2.61. The summed E-state index contributed by atoms with van der Waals surface area (Å²) in [6.45, 7) is 6.21. The lowest BCUT2D eigenvalue weighted by molar-refractivity contribution is 0.457. The molecule has 1 aromatic carbocycles. The normalized spacial score (nSPS) is 10.5. The zero-order chi connectivity index (χ0) is 13.8. The Kier molecular flexibility index (Phi) is 4.53. The zero-order valence-electron chi connectivity index (χ0n) is 11.4. The number of rotatable bonds is 4. The Hall–Kier alpha value is -1.42. The number of hydrogen-bond acceptors (Lipinski definition) is 3. The van der Waals surface area contributed by atoms with Gasteiger partial charge in [-0.3, -0.25) is 0 Å². The number of halogens is 1. The van der Waals surface area contributed by atoms with E-state index in [-0.39, 0.29) is 0 Å². The summed E-state index contributed by atoms with van der Waals surface area (Å²) in [4.78, 5) is 8.74. The first kappa shape index (κ1) is 14.0. The van der Waals surface area contributed by atoms with E-state index < -0.39 is 0 Å². The third-order valence-corrected chi connectivity index (χ3v) is 3.02. The first-order valence-electron chi connectivity index (χ1n) is 6.36. The quantitative estimate of drug-likeness (QED) is 0.772. The summed E-state index contributed by atoms with van der Waals surface area (Å²) in [7, 11) is 0. The Bertz CT molecular complexity index is 564. The highest BCUT2D eigenvalue weighted by Gasteiger charge is 2.05. The molecule has 0 spiro atoms. The summed E-state index contributed by atoms with van der Waals surface area (Å²) in [5.74, 6) is 2.19. The van der Waals surface area contributed by atoms with E-state index in [1.165, 1.54) is 11.1 Å². The molecule has 0 bridgehead atoms. The molecular weight excluding hydrogens is 304 g/mol. The lowest BCUT2D eigenvalue weighted by atomic mass is 10.1. The van der Waals surface area contributed by atoms with Crippen molar-refractivity contribution in [2.24, 2.45) is 0 Å². The number of nitrogens with zero attached hydrogens (tertiary/aromatic N) is 2. The van der Waals surface area contributed by atoms with Crippen LogP contribution >= 0.6 is 15.9 Å². The molecule has 0 N–H and O–H groups in total. The fourth-order valence-electron chi connectivity index (χ4n) is 1.94. The van der Waals surface area contributed by atoms with E-state index in [1.54, 1.807) is 6.07 Å². The Morgan fingerprint density at radius 2 is 1.74 bits per heavy atom. The van der Waals surface area contributed by atoms with E-state index in [0.717, 1.165) is 29.0 Å². The second kappa shape index (κ2) is 6.15. The molecule has 0 aliphatic carbocycles. The van der Waals surface area contributed by atoms with Crippen LogP contribution in [0, 0.1) is 13.8 Å². The lowest BCUT2D eigenvalue weighted by Crippen LogP contribution is -1.98. The number of hydrogen-bond donors (Lipinski definition) is 0. The van der Waals surface area contributed by atoms with Crippen molar-refractivity contribution in [1.82, 2.24) is 9.97 Å². The highest BCUT2D eigenvalue weighted by molar-refractivity contribution is 9.10. The van der Waals surface area contributed by atoms with Gasteiger partial charge >= 0.3 is 0 Å². The molecule has 0 aliphatic rings. The molecule has 0 atom stereocenters. The van der Waals surface area contributed by atoms with Gasteiger partial charge in [-0.05, 0) is 59.5 Å². The molecule has 0 unspecified atom stereocenters. The van der Waals surface area contributed by atoms with Gasteiger partial charge in [0.2, 0.25) is 5.88 Å². The van der Waals surface area contributed by atoms with E-state index in [4.69, 9.17) is 4.74 Å². The van der Waals surface area contributed by atoms with Crippen molar-refractivity contribution in [3.63, 3.8) is 0 Å². The van der Waals surface area contributed by atoms with Crippen LogP contribution in [-0.2, 0) is 6.42 Å². The second-order valence-corrected chi connectivity index (χ2v) is 5.43. The van der Waals surface area contributed by atoms with Crippen LogP contribution in [0.25, 0.3) is 0 Å². The van der Waals surface area contributed by atoms with E-state index in [0.29, 0.717) is 5.88 Å². The summed E-state index contributed by atoms with van der Waals surface area (Å²) in [5.41, 5.74) is 2.36. The Balaban J connectivity index is 2.27. The van der Waals surface area contributed by atoms with Gasteiger partial charge in [0.15, 0.2) is 0 Å². The maximum Gasteiger partial charge on any atom is 0.223 e. The molecular formula is C15H17BrN2O. The molecule has 2 aromatic rings. The number of aryl methyl sites for hydroxylation is 3. The van der Waals surface area contributed by atoms with Gasteiger partial charge in [0, 0.05) is 12.5 Å². The summed E-state index contributed by atoms with van der Waals surface area (Å²) in [6, 6.07) is 7.91. The van der Waals surface area contributed by atoms with Gasteiger partial charge in [0.05, 0.1) is 0 Å². The van der Waals surface area contributed by atoms with Crippen LogP contribution in [0.1, 0.15) is 30.3 Å². The maximum absolute atomic E-state index is 5.83. The van der Waals surface area contributed by atoms with Crippen molar-refractivity contribution < 1.29 is 4.74 Å². The SMILES string of the molecule is CCCc1nc(Br)cc(Oc2cc(C)cc(C)c2)n1. The van der Waals surface area contributed by atoms with Crippen molar-refractivity contribution in [3.8, 4) is 11.6 Å². The van der Waals surface area contributed by atoms with Gasteiger partial charge in [0.1, 0.15) is 16.2 Å². The van der Waals surface area contributed by atoms with E-state index >= 15 is 0 Å². The molecule has 0 radical (unpaired) electrons. The standard InChI is InChI=1S/C15H17BrN2O/c1-4-5-14-17-13(16)9-15(18-14)19-12-7-10(2)6-11(3)8-12/h6-9H,4-5H2,1-3H3. The molecule has 100 valence electrons. The van der Waals surface area contributed by atoms with Gasteiger partial charge in [-0.15, -0.1) is 0 Å². The zero-order valence-corrected chi connectivity index (χ0v) is 13.0. The summed E-state index contributed by atoms with van der Waals surface area (Å²) in [6.07, 6.45) is 1.86. The van der Waals surface area contributed by atoms with Gasteiger partial charge < -0.3 is 4.74 Å². The molecule has 0 fully saturated rings. The first-order chi connectivity index (χ1) is 9.06. The van der Waals surface area contributed by atoms with Crippen LogP contribution in [0.2, 0.25) is 0 Å². The average Bonchev–Trinajstić information content (AvgIpc) is 2.26. The highest BCUT2D eigenvalue weighted by atomic mass is 79.9. The number of aromatic nitrogens is 2. The summed E-state index contributed by atoms with van der Waals surface area (Å²) in [5, 5.41) is 0. The number of ether oxygens (including phenoxy) is 1. The van der Waals surface area contributed by atoms with Crippen LogP contribution in [0.15, 0.2) is 28.9 Å². The molecule has 3 nitrogen and oxygen atoms in total. The second-order valence-electron chi connectivity index (χ2n) is 4.62. The van der Waals surface area contributed by atoms with E-state index in [2.05, 4.69) is 52.7 Å². The molecule has 0 saturated heterocycles. The minimum atomic E-state index is 0.579. The average molecular weight is 321 g/mol. The van der Waals surface area contributed by atoms with Crippen LogP contribution in [0.5, 0.6) is 11.6 Å². The van der Waals surface area contributed by atoms with Crippen molar-refractivity contribution >= 4 is 15.9 Å². The Morgan fingerprint density at radius 3 is 2.37 bits per heavy atom. The van der Waals surface area contributed by atoms with Gasteiger partial charge in [-0.25, -0.2) is 4.98 Å². The monoisotopic (exact) mass is 320 g/mol. The first-order valence-corrected chi connectivity index (χ1v) is 7.15. The minimum absolute atomic E-state index is 0.579. The largest absolute Gasteiger partial charge is 0.439 e. The van der Waals surface area contributed by atoms with Gasteiger partial charge in [0.25, 0.3) is 0 Å².